The van der Waals surface area contributed by atoms with E-state index in [1.54, 1.807) is 20.8 Å². The molecule has 0 bridgehead atoms. The molecule has 1 aliphatic rings. The van der Waals surface area contributed by atoms with Crippen LogP contribution in [0.1, 0.15) is 34.1 Å². The van der Waals surface area contributed by atoms with Crippen molar-refractivity contribution in [1.29, 1.82) is 0 Å². The maximum atomic E-state index is 11.9. The van der Waals surface area contributed by atoms with Gasteiger partial charge in [0.2, 0.25) is 5.91 Å². The number of hydrogen-bond acceptors (Lipinski definition) is 4. The molecule has 7 nitrogen and oxygen atoms in total. The molecule has 1 aliphatic heterocycles. The van der Waals surface area contributed by atoms with Crippen LogP contribution in [0, 0.1) is 0 Å². The Bertz CT molecular complexity index is 402. The maximum absolute atomic E-state index is 11.9. The van der Waals surface area contributed by atoms with Gasteiger partial charge in [0.05, 0.1) is 12.1 Å². The third-order valence-corrected chi connectivity index (χ3v) is 3.32. The molecule has 4 amide bonds. The highest BCUT2D eigenvalue weighted by molar-refractivity contribution is 6.08. The number of nitrogens with zero attached hydrogens (tertiary/aromatic N) is 1. The third kappa shape index (κ3) is 3.23. The highest BCUT2D eigenvalue weighted by atomic mass is 16.3. The molecule has 0 saturated carbocycles. The zero-order chi connectivity index (χ0) is 14.8. The number of amides is 4. The van der Waals surface area contributed by atoms with Crippen molar-refractivity contribution >= 4 is 17.8 Å². The molecular formula is C12H21N3O4. The summed E-state index contributed by atoms with van der Waals surface area (Å²) in [5.74, 6) is -0.908. The smallest absolute Gasteiger partial charge is 0.325 e. The van der Waals surface area contributed by atoms with Gasteiger partial charge < -0.3 is 15.7 Å². The summed E-state index contributed by atoms with van der Waals surface area (Å²) in [6.07, 6.45) is 0.543. The lowest BCUT2D eigenvalue weighted by Crippen LogP contribution is -2.52. The molecule has 0 aromatic heterocycles. The number of carbonyl (C=O) groups excluding carboxylic acids is 3. The Hall–Kier alpha value is -1.63. The summed E-state index contributed by atoms with van der Waals surface area (Å²) in [4.78, 5) is 36.2. The highest BCUT2D eigenvalue weighted by Gasteiger charge is 2.45. The van der Waals surface area contributed by atoms with Gasteiger partial charge in [-0.2, -0.15) is 0 Å². The first-order chi connectivity index (χ1) is 8.65. The average Bonchev–Trinajstić information content (AvgIpc) is 2.51. The maximum Gasteiger partial charge on any atom is 0.325 e. The minimum absolute atomic E-state index is 0.207. The fourth-order valence-electron chi connectivity index (χ4n) is 1.72. The topological polar surface area (TPSA) is 98.7 Å². The van der Waals surface area contributed by atoms with Gasteiger partial charge in [-0.05, 0) is 27.2 Å². The molecule has 1 rings (SSSR count). The van der Waals surface area contributed by atoms with E-state index in [4.69, 9.17) is 0 Å². The molecule has 1 atom stereocenters. The summed E-state index contributed by atoms with van der Waals surface area (Å²) in [5, 5.41) is 14.3. The average molecular weight is 271 g/mol. The second kappa shape index (κ2) is 5.16. The Morgan fingerprint density at radius 2 is 2.05 bits per heavy atom. The molecule has 1 fully saturated rings. The fraction of sp³-hybridized carbons (Fsp3) is 0.750. The van der Waals surface area contributed by atoms with E-state index in [9.17, 15) is 19.5 Å². The summed E-state index contributed by atoms with van der Waals surface area (Å²) in [6, 6.07) is -0.577. The van der Waals surface area contributed by atoms with Crippen LogP contribution in [-0.4, -0.2) is 52.1 Å². The van der Waals surface area contributed by atoms with Crippen LogP contribution in [0.2, 0.25) is 0 Å². The number of urea groups is 1. The van der Waals surface area contributed by atoms with Crippen molar-refractivity contribution in [2.75, 3.05) is 13.2 Å². The van der Waals surface area contributed by atoms with Crippen LogP contribution < -0.4 is 10.6 Å². The van der Waals surface area contributed by atoms with E-state index in [-0.39, 0.29) is 13.2 Å². The molecule has 7 heteroatoms. The SMILES string of the molecule is CCC(C)(CO)NC(=O)CN1C(=O)NC(C)(C)C1=O. The number of aliphatic hydroxyl groups is 1. The van der Waals surface area contributed by atoms with Gasteiger partial charge in [0, 0.05) is 0 Å². The van der Waals surface area contributed by atoms with E-state index in [0.717, 1.165) is 4.90 Å². The Balaban J connectivity index is 2.68. The van der Waals surface area contributed by atoms with Crippen molar-refractivity contribution in [1.82, 2.24) is 15.5 Å². The largest absolute Gasteiger partial charge is 0.394 e. The quantitative estimate of drug-likeness (QED) is 0.592. The van der Waals surface area contributed by atoms with Crippen LogP contribution in [0.3, 0.4) is 0 Å². The van der Waals surface area contributed by atoms with E-state index in [2.05, 4.69) is 10.6 Å². The van der Waals surface area contributed by atoms with Gasteiger partial charge in [-0.3, -0.25) is 14.5 Å². The third-order valence-electron chi connectivity index (χ3n) is 3.32. The van der Waals surface area contributed by atoms with E-state index >= 15 is 0 Å². The lowest BCUT2D eigenvalue weighted by Gasteiger charge is -2.28. The molecule has 1 unspecified atom stereocenters. The fourth-order valence-corrected chi connectivity index (χ4v) is 1.72. The number of aliphatic hydroxyl groups excluding tert-OH is 1. The van der Waals surface area contributed by atoms with Crippen molar-refractivity contribution in [3.63, 3.8) is 0 Å². The standard InChI is InChI=1S/C12H21N3O4/c1-5-12(4,7-16)13-8(17)6-15-9(18)11(2,3)14-10(15)19/h16H,5-7H2,1-4H3,(H,13,17)(H,14,19). The van der Waals surface area contributed by atoms with Gasteiger partial charge in [-0.1, -0.05) is 6.92 Å². The van der Waals surface area contributed by atoms with Crippen LogP contribution in [0.4, 0.5) is 4.79 Å². The molecule has 1 saturated heterocycles. The monoisotopic (exact) mass is 271 g/mol. The molecule has 0 aromatic carbocycles. The normalized spacial score (nSPS) is 21.0. The Morgan fingerprint density at radius 1 is 1.47 bits per heavy atom. The van der Waals surface area contributed by atoms with Crippen molar-refractivity contribution in [3.8, 4) is 0 Å². The number of carbonyl (C=O) groups is 3. The minimum atomic E-state index is -0.984. The van der Waals surface area contributed by atoms with Crippen LogP contribution in [-0.2, 0) is 9.59 Å². The van der Waals surface area contributed by atoms with Crippen molar-refractivity contribution < 1.29 is 19.5 Å². The van der Waals surface area contributed by atoms with E-state index in [0.29, 0.717) is 6.42 Å². The summed E-state index contributed by atoms with van der Waals surface area (Å²) < 4.78 is 0. The summed E-state index contributed by atoms with van der Waals surface area (Å²) in [5.41, 5.74) is -1.73. The molecule has 3 N–H and O–H groups in total. The molecule has 0 aliphatic carbocycles. The highest BCUT2D eigenvalue weighted by Crippen LogP contribution is 2.16. The number of imide groups is 1. The van der Waals surface area contributed by atoms with Gasteiger partial charge >= 0.3 is 6.03 Å². The summed E-state index contributed by atoms with van der Waals surface area (Å²) >= 11 is 0. The Morgan fingerprint density at radius 3 is 2.42 bits per heavy atom. The van der Waals surface area contributed by atoms with Crippen LogP contribution >= 0.6 is 0 Å². The van der Waals surface area contributed by atoms with Crippen LogP contribution in [0.15, 0.2) is 0 Å². The molecule has 1 heterocycles. The van der Waals surface area contributed by atoms with Gasteiger partial charge in [0.25, 0.3) is 5.91 Å². The van der Waals surface area contributed by atoms with Crippen molar-refractivity contribution in [2.45, 2.75) is 45.2 Å². The second-order valence-corrected chi connectivity index (χ2v) is 5.57. The number of hydrogen-bond donors (Lipinski definition) is 3. The molecule has 0 spiro atoms. The number of rotatable bonds is 5. The van der Waals surface area contributed by atoms with E-state index in [1.165, 1.54) is 0 Å². The second-order valence-electron chi connectivity index (χ2n) is 5.57. The Labute approximate surface area is 112 Å². The van der Waals surface area contributed by atoms with E-state index < -0.39 is 28.9 Å². The van der Waals surface area contributed by atoms with Gasteiger partial charge in [-0.25, -0.2) is 4.79 Å². The number of nitrogens with one attached hydrogen (secondary N) is 2. The van der Waals surface area contributed by atoms with Gasteiger partial charge in [0.1, 0.15) is 12.1 Å². The molecule has 19 heavy (non-hydrogen) atoms. The van der Waals surface area contributed by atoms with E-state index in [1.807, 2.05) is 6.92 Å². The first-order valence-electron chi connectivity index (χ1n) is 6.21. The van der Waals surface area contributed by atoms with Gasteiger partial charge in [0.15, 0.2) is 0 Å². The molecular weight excluding hydrogens is 250 g/mol. The molecule has 0 aromatic rings. The van der Waals surface area contributed by atoms with Crippen molar-refractivity contribution in [2.24, 2.45) is 0 Å². The van der Waals surface area contributed by atoms with Crippen LogP contribution in [0.25, 0.3) is 0 Å². The Kier molecular flexibility index (Phi) is 4.19. The van der Waals surface area contributed by atoms with Gasteiger partial charge in [-0.15, -0.1) is 0 Å². The first-order valence-corrected chi connectivity index (χ1v) is 6.21. The molecule has 0 radical (unpaired) electrons. The summed E-state index contributed by atoms with van der Waals surface area (Å²) in [6.45, 7) is 6.13. The lowest BCUT2D eigenvalue weighted by molar-refractivity contribution is -0.134. The summed E-state index contributed by atoms with van der Waals surface area (Å²) in [7, 11) is 0. The predicted molar refractivity (Wildman–Crippen MR) is 68.2 cm³/mol. The van der Waals surface area contributed by atoms with Crippen molar-refractivity contribution in [3.05, 3.63) is 0 Å². The zero-order valence-electron chi connectivity index (χ0n) is 11.7. The first kappa shape index (κ1) is 15.4. The minimum Gasteiger partial charge on any atom is -0.394 e. The van der Waals surface area contributed by atoms with Crippen LogP contribution in [0.5, 0.6) is 0 Å². The zero-order valence-corrected chi connectivity index (χ0v) is 11.7. The predicted octanol–water partition coefficient (Wildman–Crippen LogP) is -0.406. The lowest BCUT2D eigenvalue weighted by atomic mass is 10.0. The molecule has 108 valence electrons.